The standard InChI is InChI=1S/C15H20N4O2S/c20-14-16-17-15(19(14)12-13-4-2-1-3-5-13)22-11-8-18-6-9-21-10-7-18/h1-5H,6-12H2,(H,16,20). The molecule has 1 aliphatic rings. The zero-order valence-electron chi connectivity index (χ0n) is 12.4. The van der Waals surface area contributed by atoms with Crippen LogP contribution in [0.25, 0.3) is 0 Å². The summed E-state index contributed by atoms with van der Waals surface area (Å²) in [7, 11) is 0. The number of morpholine rings is 1. The van der Waals surface area contributed by atoms with Crippen molar-refractivity contribution >= 4 is 11.8 Å². The molecule has 6 nitrogen and oxygen atoms in total. The molecule has 0 spiro atoms. The topological polar surface area (TPSA) is 63.1 Å². The van der Waals surface area contributed by atoms with Crippen molar-refractivity contribution in [3.05, 3.63) is 46.4 Å². The fraction of sp³-hybridized carbons (Fsp3) is 0.467. The Morgan fingerprint density at radius 2 is 2.00 bits per heavy atom. The summed E-state index contributed by atoms with van der Waals surface area (Å²) in [6.07, 6.45) is 0. The predicted octanol–water partition coefficient (Wildman–Crippen LogP) is 1.04. The highest BCUT2D eigenvalue weighted by atomic mass is 32.2. The maximum absolute atomic E-state index is 11.9. The van der Waals surface area contributed by atoms with Crippen LogP contribution >= 0.6 is 11.8 Å². The van der Waals surface area contributed by atoms with E-state index in [2.05, 4.69) is 15.1 Å². The summed E-state index contributed by atoms with van der Waals surface area (Å²) < 4.78 is 7.04. The summed E-state index contributed by atoms with van der Waals surface area (Å²) in [6.45, 7) is 5.13. The number of hydrogen-bond donors (Lipinski definition) is 1. The average Bonchev–Trinajstić information content (AvgIpc) is 2.90. The Labute approximate surface area is 133 Å². The fourth-order valence-electron chi connectivity index (χ4n) is 2.41. The molecule has 0 aliphatic carbocycles. The van der Waals surface area contributed by atoms with E-state index in [1.165, 1.54) is 0 Å². The van der Waals surface area contributed by atoms with Gasteiger partial charge in [-0.05, 0) is 5.56 Å². The lowest BCUT2D eigenvalue weighted by Gasteiger charge is -2.26. The van der Waals surface area contributed by atoms with E-state index in [4.69, 9.17) is 4.74 Å². The quantitative estimate of drug-likeness (QED) is 0.806. The van der Waals surface area contributed by atoms with Crippen molar-refractivity contribution < 1.29 is 4.74 Å². The molecule has 3 rings (SSSR count). The molecule has 1 aromatic heterocycles. The first-order chi connectivity index (χ1) is 10.8. The van der Waals surface area contributed by atoms with Crippen LogP contribution in [0.2, 0.25) is 0 Å². The summed E-state index contributed by atoms with van der Waals surface area (Å²) in [6, 6.07) is 9.96. The first-order valence-electron chi connectivity index (χ1n) is 7.45. The van der Waals surface area contributed by atoms with E-state index in [0.717, 1.165) is 49.3 Å². The summed E-state index contributed by atoms with van der Waals surface area (Å²) in [5, 5.41) is 7.44. The summed E-state index contributed by atoms with van der Waals surface area (Å²) in [5.74, 6) is 0.916. The van der Waals surface area contributed by atoms with Gasteiger partial charge in [0.2, 0.25) is 0 Å². The number of aromatic amines is 1. The number of hydrogen-bond acceptors (Lipinski definition) is 5. The van der Waals surface area contributed by atoms with Crippen LogP contribution in [0, 0.1) is 0 Å². The number of H-pyrrole nitrogens is 1. The van der Waals surface area contributed by atoms with Gasteiger partial charge in [0.1, 0.15) is 0 Å². The average molecular weight is 320 g/mol. The highest BCUT2D eigenvalue weighted by Crippen LogP contribution is 2.15. The Morgan fingerprint density at radius 1 is 1.23 bits per heavy atom. The zero-order chi connectivity index (χ0) is 15.2. The van der Waals surface area contributed by atoms with Gasteiger partial charge in [-0.1, -0.05) is 42.1 Å². The van der Waals surface area contributed by atoms with Crippen molar-refractivity contribution in [3.8, 4) is 0 Å². The van der Waals surface area contributed by atoms with Gasteiger partial charge in [-0.15, -0.1) is 5.10 Å². The van der Waals surface area contributed by atoms with Gasteiger partial charge in [-0.2, -0.15) is 0 Å². The second-order valence-corrected chi connectivity index (χ2v) is 6.25. The number of nitrogens with zero attached hydrogens (tertiary/aromatic N) is 3. The van der Waals surface area contributed by atoms with Crippen LogP contribution in [-0.4, -0.2) is 58.3 Å². The predicted molar refractivity (Wildman–Crippen MR) is 86.4 cm³/mol. The lowest BCUT2D eigenvalue weighted by atomic mass is 10.2. The SMILES string of the molecule is O=c1[nH]nc(SCCN2CCOCC2)n1Cc1ccccc1. The van der Waals surface area contributed by atoms with Crippen LogP contribution in [0.15, 0.2) is 40.3 Å². The van der Waals surface area contributed by atoms with Gasteiger partial charge in [0, 0.05) is 25.4 Å². The molecule has 1 aliphatic heterocycles. The monoisotopic (exact) mass is 320 g/mol. The molecule has 1 N–H and O–H groups in total. The number of aromatic nitrogens is 3. The van der Waals surface area contributed by atoms with Crippen LogP contribution in [0.1, 0.15) is 5.56 Å². The highest BCUT2D eigenvalue weighted by molar-refractivity contribution is 7.99. The van der Waals surface area contributed by atoms with Gasteiger partial charge < -0.3 is 4.74 Å². The third-order valence-corrected chi connectivity index (χ3v) is 4.61. The minimum absolute atomic E-state index is 0.155. The van der Waals surface area contributed by atoms with Crippen LogP contribution in [-0.2, 0) is 11.3 Å². The normalized spacial score (nSPS) is 16.0. The molecule has 0 unspecified atom stereocenters. The van der Waals surface area contributed by atoms with Crippen LogP contribution in [0.3, 0.4) is 0 Å². The molecule has 1 fully saturated rings. The molecule has 0 amide bonds. The second-order valence-electron chi connectivity index (χ2n) is 5.19. The third kappa shape index (κ3) is 4.00. The van der Waals surface area contributed by atoms with Crippen molar-refractivity contribution in [2.24, 2.45) is 0 Å². The van der Waals surface area contributed by atoms with Crippen molar-refractivity contribution in [2.45, 2.75) is 11.7 Å². The van der Waals surface area contributed by atoms with Gasteiger partial charge in [0.15, 0.2) is 5.16 Å². The third-order valence-electron chi connectivity index (χ3n) is 3.65. The van der Waals surface area contributed by atoms with Crippen molar-refractivity contribution in [2.75, 3.05) is 38.6 Å². The van der Waals surface area contributed by atoms with Gasteiger partial charge in [0.25, 0.3) is 0 Å². The molecule has 22 heavy (non-hydrogen) atoms. The van der Waals surface area contributed by atoms with E-state index in [1.807, 2.05) is 30.3 Å². The van der Waals surface area contributed by atoms with Crippen molar-refractivity contribution in [1.29, 1.82) is 0 Å². The van der Waals surface area contributed by atoms with E-state index in [1.54, 1.807) is 16.3 Å². The van der Waals surface area contributed by atoms with Crippen LogP contribution in [0.5, 0.6) is 0 Å². The molecule has 1 saturated heterocycles. The van der Waals surface area contributed by atoms with E-state index in [9.17, 15) is 4.79 Å². The molecular formula is C15H20N4O2S. The number of nitrogens with one attached hydrogen (secondary N) is 1. The Bertz CT molecular complexity index is 634. The highest BCUT2D eigenvalue weighted by Gasteiger charge is 2.12. The molecule has 118 valence electrons. The van der Waals surface area contributed by atoms with Crippen LogP contribution < -0.4 is 5.69 Å². The largest absolute Gasteiger partial charge is 0.379 e. The summed E-state index contributed by atoms with van der Waals surface area (Å²) in [4.78, 5) is 14.3. The van der Waals surface area contributed by atoms with Gasteiger partial charge in [-0.3, -0.25) is 9.47 Å². The van der Waals surface area contributed by atoms with E-state index in [-0.39, 0.29) is 5.69 Å². The molecule has 0 atom stereocenters. The fourth-order valence-corrected chi connectivity index (χ4v) is 3.36. The minimum Gasteiger partial charge on any atom is -0.379 e. The number of rotatable bonds is 6. The lowest BCUT2D eigenvalue weighted by Crippen LogP contribution is -2.37. The van der Waals surface area contributed by atoms with E-state index >= 15 is 0 Å². The van der Waals surface area contributed by atoms with Crippen LogP contribution in [0.4, 0.5) is 0 Å². The summed E-state index contributed by atoms with van der Waals surface area (Å²) in [5.41, 5.74) is 0.943. The number of thioether (sulfide) groups is 1. The molecule has 0 bridgehead atoms. The molecule has 7 heteroatoms. The maximum Gasteiger partial charge on any atom is 0.344 e. The molecule has 0 radical (unpaired) electrons. The molecule has 0 saturated carbocycles. The lowest BCUT2D eigenvalue weighted by molar-refractivity contribution is 0.0410. The number of benzene rings is 1. The molecule has 1 aromatic carbocycles. The number of ether oxygens (including phenoxy) is 1. The maximum atomic E-state index is 11.9. The Hall–Kier alpha value is -1.57. The zero-order valence-corrected chi connectivity index (χ0v) is 13.2. The molecule has 2 heterocycles. The Morgan fingerprint density at radius 3 is 2.77 bits per heavy atom. The van der Waals surface area contributed by atoms with Gasteiger partial charge in [0.05, 0.1) is 19.8 Å². The minimum atomic E-state index is -0.155. The molecule has 2 aromatic rings. The second kappa shape index (κ2) is 7.62. The summed E-state index contributed by atoms with van der Waals surface area (Å²) >= 11 is 1.62. The van der Waals surface area contributed by atoms with E-state index < -0.39 is 0 Å². The molecular weight excluding hydrogens is 300 g/mol. The first-order valence-corrected chi connectivity index (χ1v) is 8.43. The van der Waals surface area contributed by atoms with Gasteiger partial charge >= 0.3 is 5.69 Å². The smallest absolute Gasteiger partial charge is 0.344 e. The Kier molecular flexibility index (Phi) is 5.31. The Balaban J connectivity index is 1.58. The van der Waals surface area contributed by atoms with Crippen molar-refractivity contribution in [1.82, 2.24) is 19.7 Å². The van der Waals surface area contributed by atoms with E-state index in [0.29, 0.717) is 6.54 Å². The first kappa shape index (κ1) is 15.3. The van der Waals surface area contributed by atoms with Crippen molar-refractivity contribution in [3.63, 3.8) is 0 Å². The van der Waals surface area contributed by atoms with Gasteiger partial charge in [-0.25, -0.2) is 9.89 Å².